The smallest absolute Gasteiger partial charge is 0.493 e. The Bertz CT molecular complexity index is 2970. The predicted molar refractivity (Wildman–Crippen MR) is 221 cm³/mol. The van der Waals surface area contributed by atoms with E-state index < -0.39 is 188 Å². The highest BCUT2D eigenvalue weighted by Gasteiger charge is 2.58. The molecule has 410 valence electrons. The van der Waals surface area contributed by atoms with E-state index in [0.29, 0.717) is 0 Å². The summed E-state index contributed by atoms with van der Waals surface area (Å²) in [5, 5.41) is 0. The molecule has 20 nitrogen and oxygen atoms in total. The number of phosphoric ester groups is 1. The van der Waals surface area contributed by atoms with Gasteiger partial charge < -0.3 is 66.1 Å². The van der Waals surface area contributed by atoms with Crippen LogP contribution in [0, 0.1) is 70.0 Å². The number of cyclic esters (lactones) is 1. The Morgan fingerprint density at radius 2 is 1.16 bits per heavy atom. The molecule has 4 heterocycles. The predicted octanol–water partition coefficient (Wildman–Crippen LogP) is 5.76. The van der Waals surface area contributed by atoms with Crippen molar-refractivity contribution >= 4 is 25.7 Å². The molecule has 1 unspecified atom stereocenters. The van der Waals surface area contributed by atoms with Gasteiger partial charge in [0, 0.05) is 11.8 Å². The van der Waals surface area contributed by atoms with Crippen LogP contribution in [0.4, 0.5) is 43.9 Å². The minimum atomic E-state index is -5.24. The van der Waals surface area contributed by atoms with Gasteiger partial charge in [-0.05, 0) is 47.9 Å². The molecule has 4 aromatic carbocycles. The Balaban J connectivity index is 1.12. The van der Waals surface area contributed by atoms with Gasteiger partial charge >= 0.3 is 25.7 Å². The fourth-order valence-electron chi connectivity index (χ4n) is 9.21. The monoisotopic (exact) mass is 1120 g/mol. The molecule has 9 rings (SSSR count). The minimum Gasteiger partial charge on any atom is -0.493 e. The van der Waals surface area contributed by atoms with E-state index in [1.165, 1.54) is 31.2 Å². The fraction of sp³-hybridized carbons (Fsp3) is 0.400. The van der Waals surface area contributed by atoms with Crippen molar-refractivity contribution in [3.8, 4) is 40.2 Å². The average molecular weight is 1120 g/mol. The molecule has 0 spiro atoms. The van der Waals surface area contributed by atoms with Crippen molar-refractivity contribution in [2.75, 3.05) is 47.4 Å². The Morgan fingerprint density at radius 1 is 0.658 bits per heavy atom. The molecule has 31 heteroatoms. The third kappa shape index (κ3) is 9.92. The van der Waals surface area contributed by atoms with Crippen molar-refractivity contribution < 1.29 is 139 Å². The first-order valence-electron chi connectivity index (χ1n) is 21.9. The third-order valence-electron chi connectivity index (χ3n) is 12.4. The second-order valence-electron chi connectivity index (χ2n) is 16.9. The molecule has 0 amide bonds. The molecule has 2 N–H and O–H groups in total. The second-order valence-corrected chi connectivity index (χ2v) is 18.0. The zero-order valence-electron chi connectivity index (χ0n) is 38.6. The molecular weight excluding hydrogens is 1080 g/mol. The molecular formula is C45H35F10O20P. The number of halogens is 10. The van der Waals surface area contributed by atoms with E-state index >= 15 is 0 Å². The first-order chi connectivity index (χ1) is 36.0. The van der Waals surface area contributed by atoms with E-state index in [4.69, 9.17) is 61.4 Å². The van der Waals surface area contributed by atoms with E-state index in [1.807, 2.05) is 0 Å². The van der Waals surface area contributed by atoms with Crippen LogP contribution in [0.1, 0.15) is 35.6 Å². The average Bonchev–Trinajstić information content (AvgIpc) is 4.05. The number of ether oxygens (including phenoxy) is 13. The number of phosphoric acid groups is 1. The Hall–Kier alpha value is -6.82. The van der Waals surface area contributed by atoms with Crippen LogP contribution in [-0.2, 0) is 52.1 Å². The highest BCUT2D eigenvalue weighted by molar-refractivity contribution is 7.46. The molecule has 0 bridgehead atoms. The molecule has 5 aliphatic rings. The van der Waals surface area contributed by atoms with E-state index in [2.05, 4.69) is 4.74 Å². The summed E-state index contributed by atoms with van der Waals surface area (Å²) in [6.07, 6.45) is -12.2. The molecule has 4 aromatic rings. The van der Waals surface area contributed by atoms with Gasteiger partial charge in [0.2, 0.25) is 70.7 Å². The maximum Gasteiger partial charge on any atom is 0.525 e. The van der Waals surface area contributed by atoms with Crippen molar-refractivity contribution in [3.05, 3.63) is 99.1 Å². The maximum atomic E-state index is 14.7. The summed E-state index contributed by atoms with van der Waals surface area (Å²) < 4.78 is 232. The van der Waals surface area contributed by atoms with Crippen molar-refractivity contribution in [1.29, 1.82) is 0 Å². The summed E-state index contributed by atoms with van der Waals surface area (Å²) >= 11 is 0. The summed E-state index contributed by atoms with van der Waals surface area (Å²) in [4.78, 5) is 60.7. The molecule has 0 radical (unpaired) electrons. The Kier molecular flexibility index (Phi) is 14.9. The summed E-state index contributed by atoms with van der Waals surface area (Å²) in [6.45, 7) is -3.16. The van der Waals surface area contributed by atoms with E-state index in [9.17, 15) is 72.6 Å². The second kappa shape index (κ2) is 21.0. The summed E-state index contributed by atoms with van der Waals surface area (Å²) in [5.41, 5.74) is 0.566. The number of carbonyl (C=O) groups is 3. The number of esters is 3. The lowest BCUT2D eigenvalue weighted by molar-refractivity contribution is -0.366. The summed E-state index contributed by atoms with van der Waals surface area (Å²) in [7, 11) is -2.95. The molecule has 0 saturated carbocycles. The quantitative estimate of drug-likeness (QED) is 0.0360. The Morgan fingerprint density at radius 3 is 1.67 bits per heavy atom. The van der Waals surface area contributed by atoms with Crippen LogP contribution in [0.2, 0.25) is 0 Å². The molecule has 10 atom stereocenters. The summed E-state index contributed by atoms with van der Waals surface area (Å²) in [6, 6.07) is 5.48. The van der Waals surface area contributed by atoms with E-state index in [1.54, 1.807) is 0 Å². The fourth-order valence-corrected chi connectivity index (χ4v) is 9.63. The summed E-state index contributed by atoms with van der Waals surface area (Å²) in [5.74, 6) is -37.4. The van der Waals surface area contributed by atoms with Crippen molar-refractivity contribution in [2.45, 2.75) is 55.9 Å². The van der Waals surface area contributed by atoms with Crippen molar-refractivity contribution in [3.63, 3.8) is 0 Å². The van der Waals surface area contributed by atoms with Gasteiger partial charge in [-0.25, -0.2) is 40.5 Å². The van der Waals surface area contributed by atoms with Crippen LogP contribution in [0.3, 0.4) is 0 Å². The highest BCUT2D eigenvalue weighted by Crippen LogP contribution is 2.58. The number of fused-ring (bicyclic) bond motifs is 4. The molecule has 76 heavy (non-hydrogen) atoms. The number of methoxy groups -OCH3 is 2. The van der Waals surface area contributed by atoms with Crippen LogP contribution in [0.15, 0.2) is 24.3 Å². The SMILES string of the molecule is COc1cc([C@@H]2c3cc4c(cc3[C@@H](OC3O[C@@H]5CO[C@@H](C)O[C@H]5[C@H](OC(=O)COc5c(F)c(F)c(F)c(F)c5F)[C@H]3OC(=O)COc3c(F)c(F)c(F)c(F)c3F)[C@H]3COC(=O)[C@H]23)OCO4)cc(OC)c1OP(=O)(O)O. The zero-order valence-corrected chi connectivity index (χ0v) is 39.5. The van der Waals surface area contributed by atoms with Gasteiger partial charge in [-0.3, -0.25) is 14.6 Å². The number of carbonyl (C=O) groups excluding carboxylic acids is 3. The molecule has 3 saturated heterocycles. The van der Waals surface area contributed by atoms with Crippen molar-refractivity contribution in [2.24, 2.45) is 11.8 Å². The van der Waals surface area contributed by atoms with Gasteiger partial charge in [-0.15, -0.1) is 0 Å². The van der Waals surface area contributed by atoms with Gasteiger partial charge in [0.05, 0.1) is 39.5 Å². The Labute approximate surface area is 418 Å². The topological polar surface area (TPSA) is 238 Å². The molecule has 3 fully saturated rings. The van der Waals surface area contributed by atoms with Crippen LogP contribution in [0.25, 0.3) is 0 Å². The van der Waals surface area contributed by atoms with Gasteiger partial charge in [0.1, 0.15) is 12.2 Å². The lowest BCUT2D eigenvalue weighted by Gasteiger charge is -2.49. The first-order valence-corrected chi connectivity index (χ1v) is 23.4. The maximum absolute atomic E-state index is 14.7. The van der Waals surface area contributed by atoms with Crippen LogP contribution < -0.4 is 32.9 Å². The lowest BCUT2D eigenvalue weighted by atomic mass is 9.66. The number of hydrogen-bond donors (Lipinski definition) is 2. The highest BCUT2D eigenvalue weighted by atomic mass is 31.2. The standard InChI is InChI=1S/C45H35F10O20P/c1-13-64-9-22-39(70-13)42(72-23(56)10-65-40-33(52)29(48)27(46)30(49)34(40)53)43(73-24(57)11-66-41-35(54)31(50)28(47)32(51)36(41)55)45(71-22)74-37-16-7-19-18(68-12-69-19)6-15(16)25(26-17(37)8-67-44(26)58)14-4-20(62-2)38(21(5-14)63-3)75-76(59,60)61/h4-7,13,17,22,25-26,37,39,42-43,45H,8-12H2,1-3H3,(H2,59,60,61)/t13-,17+,22-,25-,26+,37-,39-,42+,43-,45?/m1/s1. The van der Waals surface area contributed by atoms with E-state index in [0.717, 1.165) is 14.2 Å². The van der Waals surface area contributed by atoms with Gasteiger partial charge in [-0.1, -0.05) is 0 Å². The van der Waals surface area contributed by atoms with Crippen molar-refractivity contribution in [1.82, 2.24) is 0 Å². The first kappa shape index (κ1) is 54.0. The lowest BCUT2D eigenvalue weighted by Crippen LogP contribution is -2.65. The van der Waals surface area contributed by atoms with Crippen LogP contribution >= 0.6 is 7.82 Å². The zero-order chi connectivity index (χ0) is 54.8. The van der Waals surface area contributed by atoms with Gasteiger partial charge in [0.25, 0.3) is 0 Å². The van der Waals surface area contributed by atoms with E-state index in [-0.39, 0.29) is 46.5 Å². The van der Waals surface area contributed by atoms with Crippen LogP contribution in [-0.4, -0.2) is 112 Å². The van der Waals surface area contributed by atoms with Gasteiger partial charge in [-0.2, -0.15) is 17.6 Å². The number of hydrogen-bond acceptors (Lipinski definition) is 18. The molecule has 1 aliphatic carbocycles. The minimum absolute atomic E-state index is 0.108. The number of rotatable bonds is 15. The number of benzene rings is 4. The largest absolute Gasteiger partial charge is 0.525 e. The molecule has 0 aromatic heterocycles. The van der Waals surface area contributed by atoms with Gasteiger partial charge in [0.15, 0.2) is 72.5 Å². The molecule has 4 aliphatic heterocycles. The van der Waals surface area contributed by atoms with Crippen LogP contribution in [0.5, 0.6) is 40.2 Å². The third-order valence-corrected chi connectivity index (χ3v) is 12.9. The normalized spacial score (nSPS) is 25.4.